The van der Waals surface area contributed by atoms with E-state index in [4.69, 9.17) is 4.42 Å². The molecule has 0 saturated carbocycles. The van der Waals surface area contributed by atoms with Crippen LogP contribution in [0.15, 0.2) is 34.9 Å². The minimum atomic E-state index is -0.344. The number of amides is 1. The van der Waals surface area contributed by atoms with Crippen LogP contribution in [0.2, 0.25) is 0 Å². The highest BCUT2D eigenvalue weighted by Crippen LogP contribution is 2.24. The van der Waals surface area contributed by atoms with Gasteiger partial charge in [0.25, 0.3) is 0 Å². The van der Waals surface area contributed by atoms with Gasteiger partial charge in [-0.05, 0) is 38.8 Å². The molecular formula is C21H28FN3O2. The number of aromatic nitrogens is 1. The quantitative estimate of drug-likeness (QED) is 0.774. The van der Waals surface area contributed by atoms with Gasteiger partial charge in [0.2, 0.25) is 5.91 Å². The third-order valence-corrected chi connectivity index (χ3v) is 5.42. The molecule has 6 heteroatoms. The van der Waals surface area contributed by atoms with Crippen molar-refractivity contribution in [2.45, 2.75) is 51.6 Å². The zero-order chi connectivity index (χ0) is 19.4. The number of carbonyl (C=O) groups excluding carboxylic acids is 1. The molecule has 1 aliphatic heterocycles. The van der Waals surface area contributed by atoms with E-state index in [0.29, 0.717) is 42.1 Å². The second kappa shape index (κ2) is 8.65. The molecule has 1 fully saturated rings. The molecule has 0 aliphatic carbocycles. The van der Waals surface area contributed by atoms with Crippen molar-refractivity contribution in [1.29, 1.82) is 0 Å². The van der Waals surface area contributed by atoms with Crippen LogP contribution >= 0.6 is 0 Å². The summed E-state index contributed by atoms with van der Waals surface area (Å²) in [6.45, 7) is 6.49. The predicted molar refractivity (Wildman–Crippen MR) is 103 cm³/mol. The average molecular weight is 373 g/mol. The second-order valence-electron chi connectivity index (χ2n) is 7.46. The normalized spacial score (nSPS) is 16.0. The van der Waals surface area contributed by atoms with Crippen molar-refractivity contribution in [2.75, 3.05) is 20.1 Å². The van der Waals surface area contributed by atoms with E-state index in [1.54, 1.807) is 18.2 Å². The average Bonchev–Trinajstić information content (AvgIpc) is 3.14. The van der Waals surface area contributed by atoms with E-state index in [2.05, 4.69) is 23.7 Å². The fourth-order valence-electron chi connectivity index (χ4n) is 3.59. The maximum Gasteiger partial charge on any atom is 0.223 e. The highest BCUT2D eigenvalue weighted by Gasteiger charge is 2.26. The standard InChI is InChI=1S/C21H28FN3O2/c1-15(2)25-12-10-16(11-13-25)24(3)21(26)9-8-20-23-14-19(27-20)17-6-4-5-7-18(17)22/h4-7,14-16H,8-13H2,1-3H3. The lowest BCUT2D eigenvalue weighted by molar-refractivity contribution is -0.133. The van der Waals surface area contributed by atoms with Crippen LogP contribution < -0.4 is 0 Å². The van der Waals surface area contributed by atoms with Crippen LogP contribution in [0.3, 0.4) is 0 Å². The predicted octanol–water partition coefficient (Wildman–Crippen LogP) is 3.74. The van der Waals surface area contributed by atoms with E-state index in [9.17, 15) is 9.18 Å². The lowest BCUT2D eigenvalue weighted by atomic mass is 10.0. The Balaban J connectivity index is 1.52. The van der Waals surface area contributed by atoms with Crippen molar-refractivity contribution in [2.24, 2.45) is 0 Å². The zero-order valence-electron chi connectivity index (χ0n) is 16.3. The Labute approximate surface area is 160 Å². The van der Waals surface area contributed by atoms with Gasteiger partial charge in [-0.1, -0.05) is 12.1 Å². The molecule has 1 aromatic heterocycles. The van der Waals surface area contributed by atoms with Crippen LogP contribution in [0.4, 0.5) is 4.39 Å². The van der Waals surface area contributed by atoms with Gasteiger partial charge in [0.1, 0.15) is 5.82 Å². The van der Waals surface area contributed by atoms with Gasteiger partial charge in [-0.3, -0.25) is 4.79 Å². The first-order chi connectivity index (χ1) is 13.0. The van der Waals surface area contributed by atoms with Gasteiger partial charge < -0.3 is 14.2 Å². The molecule has 1 saturated heterocycles. The fourth-order valence-corrected chi connectivity index (χ4v) is 3.59. The fraction of sp³-hybridized carbons (Fsp3) is 0.524. The van der Waals surface area contributed by atoms with E-state index in [-0.39, 0.29) is 11.7 Å². The van der Waals surface area contributed by atoms with E-state index in [1.807, 2.05) is 11.9 Å². The monoisotopic (exact) mass is 373 g/mol. The van der Waals surface area contributed by atoms with Crippen molar-refractivity contribution in [3.8, 4) is 11.3 Å². The number of likely N-dealkylation sites (tertiary alicyclic amines) is 1. The molecule has 0 atom stereocenters. The smallest absolute Gasteiger partial charge is 0.223 e. The molecule has 1 aromatic carbocycles. The van der Waals surface area contributed by atoms with Crippen LogP contribution in [0.1, 0.15) is 39.0 Å². The summed E-state index contributed by atoms with van der Waals surface area (Å²) < 4.78 is 19.5. The summed E-state index contributed by atoms with van der Waals surface area (Å²) in [5.41, 5.74) is 0.386. The Morgan fingerprint density at radius 2 is 2.04 bits per heavy atom. The highest BCUT2D eigenvalue weighted by atomic mass is 19.1. The summed E-state index contributed by atoms with van der Waals surface area (Å²) in [4.78, 5) is 21.1. The Morgan fingerprint density at radius 3 is 2.70 bits per heavy atom. The summed E-state index contributed by atoms with van der Waals surface area (Å²) in [7, 11) is 1.89. The molecule has 1 aliphatic rings. The van der Waals surface area contributed by atoms with E-state index in [0.717, 1.165) is 25.9 Å². The molecule has 1 amide bonds. The maximum absolute atomic E-state index is 13.8. The molecule has 0 radical (unpaired) electrons. The number of benzene rings is 1. The molecule has 0 spiro atoms. The Morgan fingerprint density at radius 1 is 1.33 bits per heavy atom. The summed E-state index contributed by atoms with van der Waals surface area (Å²) in [5, 5.41) is 0. The van der Waals surface area contributed by atoms with Crippen molar-refractivity contribution in [1.82, 2.24) is 14.8 Å². The molecule has 3 rings (SSSR count). The van der Waals surface area contributed by atoms with Crippen molar-refractivity contribution in [3.63, 3.8) is 0 Å². The zero-order valence-corrected chi connectivity index (χ0v) is 16.3. The number of aryl methyl sites for hydroxylation is 1. The summed E-state index contributed by atoms with van der Waals surface area (Å²) >= 11 is 0. The topological polar surface area (TPSA) is 49.6 Å². The van der Waals surface area contributed by atoms with Gasteiger partial charge in [-0.2, -0.15) is 0 Å². The highest BCUT2D eigenvalue weighted by molar-refractivity contribution is 5.76. The second-order valence-corrected chi connectivity index (χ2v) is 7.46. The van der Waals surface area contributed by atoms with Crippen LogP contribution in [0.25, 0.3) is 11.3 Å². The molecule has 27 heavy (non-hydrogen) atoms. The van der Waals surface area contributed by atoms with Gasteiger partial charge >= 0.3 is 0 Å². The SMILES string of the molecule is CC(C)N1CCC(N(C)C(=O)CCc2ncc(-c3ccccc3F)o2)CC1. The van der Waals surface area contributed by atoms with Crippen molar-refractivity contribution < 1.29 is 13.6 Å². The first-order valence-corrected chi connectivity index (χ1v) is 9.65. The van der Waals surface area contributed by atoms with Gasteiger partial charge in [-0.15, -0.1) is 0 Å². The maximum atomic E-state index is 13.8. The van der Waals surface area contributed by atoms with Crippen LogP contribution in [-0.2, 0) is 11.2 Å². The number of halogens is 1. The lowest BCUT2D eigenvalue weighted by Gasteiger charge is -2.38. The molecule has 2 heterocycles. The van der Waals surface area contributed by atoms with E-state index < -0.39 is 0 Å². The van der Waals surface area contributed by atoms with Gasteiger partial charge in [-0.25, -0.2) is 9.37 Å². The van der Waals surface area contributed by atoms with Gasteiger partial charge in [0.15, 0.2) is 11.7 Å². The third kappa shape index (κ3) is 4.75. The van der Waals surface area contributed by atoms with Gasteiger partial charge in [0, 0.05) is 45.1 Å². The minimum Gasteiger partial charge on any atom is -0.441 e. The largest absolute Gasteiger partial charge is 0.441 e. The summed E-state index contributed by atoms with van der Waals surface area (Å²) in [6, 6.07) is 7.29. The Kier molecular flexibility index (Phi) is 6.26. The Hall–Kier alpha value is -2.21. The molecule has 2 aromatic rings. The molecular weight excluding hydrogens is 345 g/mol. The molecule has 0 bridgehead atoms. The number of hydrogen-bond donors (Lipinski definition) is 0. The number of hydrogen-bond acceptors (Lipinski definition) is 4. The molecule has 0 unspecified atom stereocenters. The van der Waals surface area contributed by atoms with Crippen molar-refractivity contribution >= 4 is 5.91 Å². The summed E-state index contributed by atoms with van der Waals surface area (Å²) in [6.07, 6.45) is 4.30. The first-order valence-electron chi connectivity index (χ1n) is 9.65. The molecule has 0 N–H and O–H groups in total. The number of nitrogens with zero attached hydrogens (tertiary/aromatic N) is 3. The van der Waals surface area contributed by atoms with Crippen LogP contribution in [0.5, 0.6) is 0 Å². The van der Waals surface area contributed by atoms with Crippen LogP contribution in [-0.4, -0.2) is 52.9 Å². The number of piperidine rings is 1. The van der Waals surface area contributed by atoms with Gasteiger partial charge in [0.05, 0.1) is 11.8 Å². The minimum absolute atomic E-state index is 0.101. The summed E-state index contributed by atoms with van der Waals surface area (Å²) in [5.74, 6) is 0.613. The van der Waals surface area contributed by atoms with E-state index in [1.165, 1.54) is 12.3 Å². The van der Waals surface area contributed by atoms with Crippen LogP contribution in [0, 0.1) is 5.82 Å². The first kappa shape index (κ1) is 19.5. The van der Waals surface area contributed by atoms with Crippen molar-refractivity contribution in [3.05, 3.63) is 42.2 Å². The number of carbonyl (C=O) groups is 1. The molecule has 146 valence electrons. The third-order valence-electron chi connectivity index (χ3n) is 5.42. The molecule has 5 nitrogen and oxygen atoms in total. The van der Waals surface area contributed by atoms with E-state index >= 15 is 0 Å². The Bertz CT molecular complexity index is 766. The number of oxazole rings is 1. The lowest BCUT2D eigenvalue weighted by Crippen LogP contribution is -2.47. The number of rotatable bonds is 6.